The fourth-order valence-corrected chi connectivity index (χ4v) is 2.32. The van der Waals surface area contributed by atoms with E-state index in [2.05, 4.69) is 12.2 Å². The Hall–Kier alpha value is -0.610. The van der Waals surface area contributed by atoms with Crippen LogP contribution in [0.15, 0.2) is 0 Å². The Morgan fingerprint density at radius 3 is 3.00 bits per heavy atom. The Bertz CT molecular complexity index is 227. The quantitative estimate of drug-likeness (QED) is 0.683. The van der Waals surface area contributed by atoms with Crippen LogP contribution < -0.4 is 5.32 Å². The Morgan fingerprint density at radius 2 is 2.33 bits per heavy atom. The number of carbonyl (C=O) groups is 1. The Balaban J connectivity index is 1.92. The van der Waals surface area contributed by atoms with Crippen LogP contribution >= 0.6 is 0 Å². The van der Waals surface area contributed by atoms with E-state index in [4.69, 9.17) is 4.74 Å². The number of morpholine rings is 1. The minimum Gasteiger partial charge on any atom is -0.377 e. The molecule has 2 atom stereocenters. The average molecular weight is 212 g/mol. The zero-order valence-electron chi connectivity index (χ0n) is 9.37. The van der Waals surface area contributed by atoms with Crippen molar-refractivity contribution in [2.45, 2.75) is 38.3 Å². The minimum atomic E-state index is 0.0549. The van der Waals surface area contributed by atoms with Gasteiger partial charge in [-0.3, -0.25) is 4.79 Å². The zero-order valence-corrected chi connectivity index (χ0v) is 9.37. The zero-order chi connectivity index (χ0) is 10.7. The van der Waals surface area contributed by atoms with Gasteiger partial charge in [-0.25, -0.2) is 0 Å². The summed E-state index contributed by atoms with van der Waals surface area (Å²) in [5.41, 5.74) is 0. The van der Waals surface area contributed by atoms with Gasteiger partial charge in [0.15, 0.2) is 0 Å². The van der Waals surface area contributed by atoms with Crippen molar-refractivity contribution >= 4 is 5.91 Å². The van der Waals surface area contributed by atoms with Gasteiger partial charge in [-0.15, -0.1) is 0 Å². The van der Waals surface area contributed by atoms with Gasteiger partial charge < -0.3 is 15.0 Å². The van der Waals surface area contributed by atoms with Crippen LogP contribution in [-0.2, 0) is 9.53 Å². The molecule has 1 N–H and O–H groups in total. The first-order chi connectivity index (χ1) is 7.29. The third-order valence-electron chi connectivity index (χ3n) is 3.26. The number of rotatable bonds is 1. The van der Waals surface area contributed by atoms with Crippen molar-refractivity contribution in [3.05, 3.63) is 0 Å². The van der Waals surface area contributed by atoms with Crippen molar-refractivity contribution in [2.75, 3.05) is 26.3 Å². The van der Waals surface area contributed by atoms with Crippen LogP contribution in [0, 0.1) is 0 Å². The second-order valence-electron chi connectivity index (χ2n) is 4.46. The van der Waals surface area contributed by atoms with Gasteiger partial charge in [-0.1, -0.05) is 6.42 Å². The van der Waals surface area contributed by atoms with E-state index in [0.717, 1.165) is 19.5 Å². The van der Waals surface area contributed by atoms with E-state index in [9.17, 15) is 4.79 Å². The van der Waals surface area contributed by atoms with Crippen LogP contribution in [0.2, 0.25) is 0 Å². The van der Waals surface area contributed by atoms with E-state index >= 15 is 0 Å². The van der Waals surface area contributed by atoms with Crippen molar-refractivity contribution in [1.29, 1.82) is 0 Å². The Morgan fingerprint density at radius 1 is 1.47 bits per heavy atom. The number of hydrogen-bond acceptors (Lipinski definition) is 3. The number of hydrogen-bond donors (Lipinski definition) is 1. The molecule has 4 heteroatoms. The summed E-state index contributed by atoms with van der Waals surface area (Å²) < 4.78 is 5.34. The molecule has 2 heterocycles. The van der Waals surface area contributed by atoms with Crippen molar-refractivity contribution in [2.24, 2.45) is 0 Å². The summed E-state index contributed by atoms with van der Waals surface area (Å²) in [6.07, 6.45) is 3.35. The molecule has 86 valence electrons. The molecule has 0 aliphatic carbocycles. The molecular weight excluding hydrogens is 192 g/mol. The van der Waals surface area contributed by atoms with Crippen molar-refractivity contribution < 1.29 is 9.53 Å². The molecule has 2 unspecified atom stereocenters. The summed E-state index contributed by atoms with van der Waals surface area (Å²) in [7, 11) is 0. The first-order valence-corrected chi connectivity index (χ1v) is 5.90. The number of amides is 1. The lowest BCUT2D eigenvalue weighted by atomic mass is 10.0. The second kappa shape index (κ2) is 4.94. The van der Waals surface area contributed by atoms with Crippen LogP contribution in [-0.4, -0.2) is 49.2 Å². The molecule has 0 spiro atoms. The van der Waals surface area contributed by atoms with Crippen LogP contribution in [0.25, 0.3) is 0 Å². The van der Waals surface area contributed by atoms with Gasteiger partial charge in [0.05, 0.1) is 25.3 Å². The van der Waals surface area contributed by atoms with E-state index in [0.29, 0.717) is 13.2 Å². The van der Waals surface area contributed by atoms with Crippen molar-refractivity contribution in [1.82, 2.24) is 10.2 Å². The predicted molar refractivity (Wildman–Crippen MR) is 57.6 cm³/mol. The lowest BCUT2D eigenvalue weighted by Gasteiger charge is -2.36. The monoisotopic (exact) mass is 212 g/mol. The third kappa shape index (κ3) is 2.49. The highest BCUT2D eigenvalue weighted by Crippen LogP contribution is 2.13. The van der Waals surface area contributed by atoms with E-state index < -0.39 is 0 Å². The molecule has 0 aromatic carbocycles. The van der Waals surface area contributed by atoms with Crippen molar-refractivity contribution in [3.8, 4) is 0 Å². The van der Waals surface area contributed by atoms with Crippen LogP contribution in [0.3, 0.4) is 0 Å². The first kappa shape index (κ1) is 10.9. The van der Waals surface area contributed by atoms with Gasteiger partial charge >= 0.3 is 0 Å². The minimum absolute atomic E-state index is 0.0549. The largest absolute Gasteiger partial charge is 0.377 e. The maximum absolute atomic E-state index is 12.2. The van der Waals surface area contributed by atoms with Gasteiger partial charge in [-0.05, 0) is 26.3 Å². The molecule has 2 aliphatic rings. The summed E-state index contributed by atoms with van der Waals surface area (Å²) in [4.78, 5) is 14.1. The molecule has 15 heavy (non-hydrogen) atoms. The van der Waals surface area contributed by atoms with Gasteiger partial charge in [0, 0.05) is 6.54 Å². The number of nitrogens with zero attached hydrogens (tertiary/aromatic N) is 1. The van der Waals surface area contributed by atoms with Crippen LogP contribution in [0.1, 0.15) is 26.2 Å². The summed E-state index contributed by atoms with van der Waals surface area (Å²) in [6, 6.07) is 0.286. The fourth-order valence-electron chi connectivity index (χ4n) is 2.32. The molecule has 0 radical (unpaired) electrons. The topological polar surface area (TPSA) is 41.6 Å². The number of carbonyl (C=O) groups excluding carboxylic acids is 1. The highest BCUT2D eigenvalue weighted by Gasteiger charge is 2.30. The van der Waals surface area contributed by atoms with Gasteiger partial charge in [0.25, 0.3) is 0 Å². The molecular formula is C11H20N2O2. The molecule has 2 fully saturated rings. The SMILES string of the molecule is CC1COCCN1C(=O)C1CCCCN1. The maximum Gasteiger partial charge on any atom is 0.240 e. The molecule has 2 saturated heterocycles. The molecule has 2 aliphatic heterocycles. The maximum atomic E-state index is 12.2. The van der Waals surface area contributed by atoms with E-state index in [1.165, 1.54) is 12.8 Å². The Labute approximate surface area is 91.0 Å². The Kier molecular flexibility index (Phi) is 3.59. The summed E-state index contributed by atoms with van der Waals surface area (Å²) in [5, 5.41) is 3.30. The normalized spacial score (nSPS) is 32.7. The summed E-state index contributed by atoms with van der Waals surface area (Å²) in [6.45, 7) is 5.15. The number of nitrogens with one attached hydrogen (secondary N) is 1. The van der Waals surface area contributed by atoms with Crippen molar-refractivity contribution in [3.63, 3.8) is 0 Å². The van der Waals surface area contributed by atoms with Crippen LogP contribution in [0.5, 0.6) is 0 Å². The predicted octanol–water partition coefficient (Wildman–Crippen LogP) is 0.376. The summed E-state index contributed by atoms with van der Waals surface area (Å²) in [5.74, 6) is 0.269. The molecule has 0 aromatic heterocycles. The van der Waals surface area contributed by atoms with E-state index in [-0.39, 0.29) is 18.0 Å². The molecule has 1 amide bonds. The average Bonchev–Trinajstić information content (AvgIpc) is 2.30. The lowest BCUT2D eigenvalue weighted by molar-refractivity contribution is -0.141. The van der Waals surface area contributed by atoms with Gasteiger partial charge in [0.2, 0.25) is 5.91 Å². The smallest absolute Gasteiger partial charge is 0.240 e. The first-order valence-electron chi connectivity index (χ1n) is 5.90. The fraction of sp³-hybridized carbons (Fsp3) is 0.909. The van der Waals surface area contributed by atoms with Gasteiger partial charge in [0.1, 0.15) is 0 Å². The molecule has 2 rings (SSSR count). The molecule has 0 saturated carbocycles. The van der Waals surface area contributed by atoms with E-state index in [1.54, 1.807) is 0 Å². The molecule has 0 bridgehead atoms. The number of piperidine rings is 1. The van der Waals surface area contributed by atoms with E-state index in [1.807, 2.05) is 4.90 Å². The highest BCUT2D eigenvalue weighted by atomic mass is 16.5. The summed E-state index contributed by atoms with van der Waals surface area (Å²) >= 11 is 0. The molecule has 0 aromatic rings. The second-order valence-corrected chi connectivity index (χ2v) is 4.46. The van der Waals surface area contributed by atoms with Crippen LogP contribution in [0.4, 0.5) is 0 Å². The highest BCUT2D eigenvalue weighted by molar-refractivity contribution is 5.82. The standard InChI is InChI=1S/C11H20N2O2/c1-9-8-15-7-6-13(9)11(14)10-4-2-3-5-12-10/h9-10,12H,2-8H2,1H3. The lowest BCUT2D eigenvalue weighted by Crippen LogP contribution is -2.55. The third-order valence-corrected chi connectivity index (χ3v) is 3.26. The van der Waals surface area contributed by atoms with Gasteiger partial charge in [-0.2, -0.15) is 0 Å². The molecule has 4 nitrogen and oxygen atoms in total. The number of ether oxygens (including phenoxy) is 1.